The molecule has 0 unspecified atom stereocenters. The number of aliphatic imine (C=N–C) groups is 1. The molecule has 1 saturated carbocycles. The van der Waals surface area contributed by atoms with Crippen LogP contribution in [0.1, 0.15) is 63.5 Å². The minimum absolute atomic E-state index is 0.0783. The van der Waals surface area contributed by atoms with Crippen molar-refractivity contribution in [3.63, 3.8) is 0 Å². The van der Waals surface area contributed by atoms with E-state index in [9.17, 15) is 19.5 Å². The molecule has 3 rings (SSSR count). The summed E-state index contributed by atoms with van der Waals surface area (Å²) in [5.41, 5.74) is -0.433. The number of benzene rings is 1. The highest BCUT2D eigenvalue weighted by atomic mass is 16.3. The van der Waals surface area contributed by atoms with Gasteiger partial charge in [0.05, 0.1) is 11.4 Å². The molecule has 1 aliphatic carbocycles. The maximum Gasteiger partial charge on any atom is 0.331 e. The summed E-state index contributed by atoms with van der Waals surface area (Å²) < 4.78 is 1.28. The van der Waals surface area contributed by atoms with E-state index in [1.165, 1.54) is 10.8 Å². The summed E-state index contributed by atoms with van der Waals surface area (Å²) in [5.74, 6) is -0.528. The van der Waals surface area contributed by atoms with Crippen molar-refractivity contribution in [2.75, 3.05) is 5.32 Å². The number of aromatic nitrogens is 2. The average molecular weight is 398 g/mol. The summed E-state index contributed by atoms with van der Waals surface area (Å²) in [4.78, 5) is 42.9. The maximum absolute atomic E-state index is 12.4. The molecule has 0 atom stereocenters. The lowest BCUT2D eigenvalue weighted by Gasteiger charge is -2.19. The lowest BCUT2D eigenvalue weighted by Crippen LogP contribution is -2.34. The Hall–Kier alpha value is -3.16. The normalized spacial score (nSPS) is 15.3. The Balaban J connectivity index is 1.98. The molecule has 1 amide bonds. The van der Waals surface area contributed by atoms with Gasteiger partial charge in [0.25, 0.3) is 5.56 Å². The number of nitrogens with zero attached hydrogens (tertiary/aromatic N) is 2. The molecule has 29 heavy (non-hydrogen) atoms. The van der Waals surface area contributed by atoms with Gasteiger partial charge >= 0.3 is 5.69 Å². The van der Waals surface area contributed by atoms with Gasteiger partial charge < -0.3 is 10.4 Å². The minimum Gasteiger partial charge on any atom is -0.494 e. The quantitative estimate of drug-likeness (QED) is 0.529. The van der Waals surface area contributed by atoms with Crippen molar-refractivity contribution in [1.82, 2.24) is 9.55 Å². The van der Waals surface area contributed by atoms with Crippen molar-refractivity contribution in [3.8, 4) is 5.88 Å². The molecular formula is C21H26N4O4. The molecule has 1 aromatic heterocycles. The number of aromatic hydroxyl groups is 1. The number of rotatable bonds is 5. The van der Waals surface area contributed by atoms with E-state index in [1.807, 2.05) is 0 Å². The lowest BCUT2D eigenvalue weighted by atomic mass is 10.1. The first kappa shape index (κ1) is 20.6. The van der Waals surface area contributed by atoms with Crippen LogP contribution < -0.4 is 16.6 Å². The summed E-state index contributed by atoms with van der Waals surface area (Å²) in [6.07, 6.45) is 7.27. The fourth-order valence-corrected chi connectivity index (χ4v) is 3.59. The molecule has 1 aromatic carbocycles. The highest BCUT2D eigenvalue weighted by molar-refractivity contribution is 5.94. The van der Waals surface area contributed by atoms with E-state index in [0.29, 0.717) is 17.8 Å². The van der Waals surface area contributed by atoms with E-state index in [-0.39, 0.29) is 23.4 Å². The first-order valence-electron chi connectivity index (χ1n) is 10.0. The van der Waals surface area contributed by atoms with Gasteiger partial charge in [-0.1, -0.05) is 44.7 Å². The Morgan fingerprint density at radius 1 is 1.24 bits per heavy atom. The summed E-state index contributed by atoms with van der Waals surface area (Å²) in [6.45, 7) is 1.75. The summed E-state index contributed by atoms with van der Waals surface area (Å²) in [5, 5.41) is 13.5. The SMILES string of the molecule is CCC(=O)Nc1ccccc1N=Cc1c(O)n(C2CCCCCC2)c(=O)[nH]c1=O. The van der Waals surface area contributed by atoms with Gasteiger partial charge in [-0.3, -0.25) is 24.1 Å². The second kappa shape index (κ2) is 9.36. The largest absolute Gasteiger partial charge is 0.494 e. The third kappa shape index (κ3) is 4.82. The number of anilines is 1. The Labute approximate surface area is 168 Å². The van der Waals surface area contributed by atoms with Crippen molar-refractivity contribution in [2.24, 2.45) is 4.99 Å². The number of H-pyrrole nitrogens is 1. The fraction of sp³-hybridized carbons (Fsp3) is 0.429. The van der Waals surface area contributed by atoms with E-state index in [0.717, 1.165) is 38.5 Å². The zero-order valence-electron chi connectivity index (χ0n) is 16.5. The average Bonchev–Trinajstić information content (AvgIpc) is 2.98. The Kier molecular flexibility index (Phi) is 6.64. The van der Waals surface area contributed by atoms with Crippen molar-refractivity contribution in [2.45, 2.75) is 57.9 Å². The number of hydrogen-bond donors (Lipinski definition) is 3. The molecule has 0 bridgehead atoms. The first-order valence-corrected chi connectivity index (χ1v) is 10.0. The summed E-state index contributed by atoms with van der Waals surface area (Å²) in [7, 11) is 0. The number of nitrogens with one attached hydrogen (secondary N) is 2. The van der Waals surface area contributed by atoms with Gasteiger partial charge in [0.15, 0.2) is 0 Å². The lowest BCUT2D eigenvalue weighted by molar-refractivity contribution is -0.115. The molecule has 1 aliphatic rings. The van der Waals surface area contributed by atoms with E-state index >= 15 is 0 Å². The number of hydrogen-bond acceptors (Lipinski definition) is 5. The summed E-state index contributed by atoms with van der Waals surface area (Å²) in [6, 6.07) is 6.77. The fourth-order valence-electron chi connectivity index (χ4n) is 3.59. The predicted octanol–water partition coefficient (Wildman–Crippen LogP) is 3.24. The van der Waals surface area contributed by atoms with Crippen LogP contribution in [-0.2, 0) is 4.79 Å². The predicted molar refractivity (Wildman–Crippen MR) is 112 cm³/mol. The molecule has 8 nitrogen and oxygen atoms in total. The number of carbonyl (C=O) groups excluding carboxylic acids is 1. The molecular weight excluding hydrogens is 372 g/mol. The Morgan fingerprint density at radius 2 is 1.93 bits per heavy atom. The van der Waals surface area contributed by atoms with Crippen LogP contribution in [0.3, 0.4) is 0 Å². The van der Waals surface area contributed by atoms with Gasteiger partial charge in [0.1, 0.15) is 5.56 Å². The van der Waals surface area contributed by atoms with Crippen molar-refractivity contribution in [3.05, 3.63) is 50.7 Å². The van der Waals surface area contributed by atoms with Crippen LogP contribution in [0.25, 0.3) is 0 Å². The molecule has 154 valence electrons. The topological polar surface area (TPSA) is 117 Å². The first-order chi connectivity index (χ1) is 14.0. The van der Waals surface area contributed by atoms with Crippen molar-refractivity contribution >= 4 is 23.5 Å². The monoisotopic (exact) mass is 398 g/mol. The van der Waals surface area contributed by atoms with E-state index < -0.39 is 11.2 Å². The summed E-state index contributed by atoms with van der Waals surface area (Å²) >= 11 is 0. The highest BCUT2D eigenvalue weighted by Gasteiger charge is 2.21. The molecule has 8 heteroatoms. The zero-order valence-corrected chi connectivity index (χ0v) is 16.5. The van der Waals surface area contributed by atoms with E-state index in [4.69, 9.17) is 0 Å². The zero-order chi connectivity index (χ0) is 20.8. The third-order valence-electron chi connectivity index (χ3n) is 5.17. The smallest absolute Gasteiger partial charge is 0.331 e. The van der Waals surface area contributed by atoms with Crippen LogP contribution in [0.5, 0.6) is 5.88 Å². The Morgan fingerprint density at radius 3 is 2.62 bits per heavy atom. The van der Waals surface area contributed by atoms with E-state index in [1.54, 1.807) is 31.2 Å². The van der Waals surface area contributed by atoms with Gasteiger partial charge in [0.2, 0.25) is 11.8 Å². The van der Waals surface area contributed by atoms with Crippen LogP contribution in [-0.4, -0.2) is 26.8 Å². The van der Waals surface area contributed by atoms with Gasteiger partial charge in [-0.25, -0.2) is 4.79 Å². The molecule has 0 aliphatic heterocycles. The number of carbonyl (C=O) groups is 1. The van der Waals surface area contributed by atoms with Gasteiger partial charge in [0, 0.05) is 18.7 Å². The van der Waals surface area contributed by atoms with Crippen LogP contribution in [0.15, 0.2) is 38.8 Å². The van der Waals surface area contributed by atoms with Crippen LogP contribution in [0, 0.1) is 0 Å². The minimum atomic E-state index is -0.698. The number of amides is 1. The second-order valence-corrected chi connectivity index (χ2v) is 7.19. The molecule has 3 N–H and O–H groups in total. The number of aromatic amines is 1. The van der Waals surface area contributed by atoms with Crippen molar-refractivity contribution < 1.29 is 9.90 Å². The maximum atomic E-state index is 12.4. The third-order valence-corrected chi connectivity index (χ3v) is 5.17. The van der Waals surface area contributed by atoms with Gasteiger partial charge in [-0.05, 0) is 25.0 Å². The number of para-hydroxylation sites is 2. The highest BCUT2D eigenvalue weighted by Crippen LogP contribution is 2.29. The standard InChI is InChI=1S/C21H26N4O4/c1-2-18(26)23-17-12-8-7-11-16(17)22-13-15-19(27)24-21(29)25(20(15)28)14-9-5-3-4-6-10-14/h7-8,11-14,28H,2-6,9-10H2,1H3,(H,23,26)(H,24,27,29). The molecule has 1 fully saturated rings. The van der Waals surface area contributed by atoms with Gasteiger partial charge in [-0.2, -0.15) is 0 Å². The van der Waals surface area contributed by atoms with Crippen LogP contribution in [0.2, 0.25) is 0 Å². The molecule has 0 spiro atoms. The molecule has 2 aromatic rings. The second-order valence-electron chi connectivity index (χ2n) is 7.19. The molecule has 0 radical (unpaired) electrons. The van der Waals surface area contributed by atoms with Crippen LogP contribution >= 0.6 is 0 Å². The van der Waals surface area contributed by atoms with Crippen molar-refractivity contribution in [1.29, 1.82) is 0 Å². The van der Waals surface area contributed by atoms with Gasteiger partial charge in [-0.15, -0.1) is 0 Å². The molecule has 1 heterocycles. The van der Waals surface area contributed by atoms with Crippen LogP contribution in [0.4, 0.5) is 11.4 Å². The Bertz CT molecular complexity index is 1010. The van der Waals surface area contributed by atoms with E-state index in [2.05, 4.69) is 15.3 Å². The molecule has 0 saturated heterocycles.